The number of aliphatic carboxylic acids is 3. The van der Waals surface area contributed by atoms with Crippen molar-refractivity contribution in [2.75, 3.05) is 13.2 Å². The molecule has 3 N–H and O–H groups in total. The molecule has 2 aromatic rings. The van der Waals surface area contributed by atoms with E-state index in [2.05, 4.69) is 0 Å². The molecule has 1 heterocycles. The van der Waals surface area contributed by atoms with Crippen molar-refractivity contribution in [3.8, 4) is 5.75 Å². The van der Waals surface area contributed by atoms with Gasteiger partial charge in [-0.2, -0.15) is 0 Å². The number of carbonyl (C=O) groups excluding carboxylic acids is 1. The van der Waals surface area contributed by atoms with Crippen LogP contribution in [-0.4, -0.2) is 58.5 Å². The Hall–Kier alpha value is -3.63. The van der Waals surface area contributed by atoms with Gasteiger partial charge in [-0.3, -0.25) is 19.2 Å². The second-order valence-electron chi connectivity index (χ2n) is 9.75. The lowest BCUT2D eigenvalue weighted by molar-refractivity contribution is -0.189. The summed E-state index contributed by atoms with van der Waals surface area (Å²) in [7, 11) is 0. The van der Waals surface area contributed by atoms with Gasteiger partial charge in [0.1, 0.15) is 12.4 Å². The number of halogens is 1. The van der Waals surface area contributed by atoms with Crippen molar-refractivity contribution >= 4 is 35.5 Å². The third kappa shape index (κ3) is 8.19. The monoisotopic (exact) mass is 576 g/mol. The molecule has 11 heteroatoms. The second kappa shape index (κ2) is 14.1. The fourth-order valence-electron chi connectivity index (χ4n) is 5.40. The minimum absolute atomic E-state index is 0.304. The number of hydrogen-bond acceptors (Lipinski definition) is 7. The predicted molar refractivity (Wildman–Crippen MR) is 143 cm³/mol. The van der Waals surface area contributed by atoms with E-state index in [1.54, 1.807) is 18.2 Å². The van der Waals surface area contributed by atoms with E-state index in [0.29, 0.717) is 34.9 Å². The molecule has 1 aliphatic heterocycles. The summed E-state index contributed by atoms with van der Waals surface area (Å²) in [6.45, 7) is 3.25. The molecule has 0 unspecified atom stereocenters. The highest BCUT2D eigenvalue weighted by atomic mass is 35.5. The van der Waals surface area contributed by atoms with Crippen LogP contribution >= 0.6 is 11.6 Å². The van der Waals surface area contributed by atoms with Gasteiger partial charge in [-0.25, -0.2) is 0 Å². The highest BCUT2D eigenvalue weighted by Crippen LogP contribution is 2.48. The summed E-state index contributed by atoms with van der Waals surface area (Å²) in [5.74, 6) is -6.17. The molecule has 0 radical (unpaired) electrons. The molecule has 0 bridgehead atoms. The molecule has 10 nitrogen and oxygen atoms in total. The third-order valence-corrected chi connectivity index (χ3v) is 7.39. The lowest BCUT2D eigenvalue weighted by Gasteiger charge is -2.46. The number of benzene rings is 2. The SMILES string of the molecule is CCOc1ccccc1Cc1cc([C@H]2O[C@@H](COC(C)=O)[C@H](CC(=O)O)[C@H](CC(=O)O)[C@@H]2CC(=O)O)ccc1Cl. The molecular formula is C29H33ClO10. The van der Waals surface area contributed by atoms with Crippen molar-refractivity contribution in [3.63, 3.8) is 0 Å². The van der Waals surface area contributed by atoms with E-state index in [4.69, 9.17) is 25.8 Å². The molecule has 216 valence electrons. The Morgan fingerprint density at radius 1 is 0.875 bits per heavy atom. The Morgan fingerprint density at radius 2 is 1.50 bits per heavy atom. The maximum absolute atomic E-state index is 11.9. The number of carboxylic acid groups (broad SMARTS) is 3. The topological polar surface area (TPSA) is 157 Å². The van der Waals surface area contributed by atoms with Crippen LogP contribution in [0.25, 0.3) is 0 Å². The van der Waals surface area contributed by atoms with Gasteiger partial charge in [0.15, 0.2) is 0 Å². The first kappa shape index (κ1) is 30.9. The van der Waals surface area contributed by atoms with E-state index < -0.39 is 73.1 Å². The number of rotatable bonds is 13. The summed E-state index contributed by atoms with van der Waals surface area (Å²) in [4.78, 5) is 47.1. The van der Waals surface area contributed by atoms with Gasteiger partial charge in [0, 0.05) is 36.6 Å². The van der Waals surface area contributed by atoms with Crippen molar-refractivity contribution in [3.05, 3.63) is 64.2 Å². The molecule has 2 aromatic carbocycles. The quantitative estimate of drug-likeness (QED) is 0.288. The van der Waals surface area contributed by atoms with Gasteiger partial charge < -0.3 is 29.5 Å². The van der Waals surface area contributed by atoms with Crippen LogP contribution in [0.3, 0.4) is 0 Å². The predicted octanol–water partition coefficient (Wildman–Crippen LogP) is 4.61. The van der Waals surface area contributed by atoms with Crippen LogP contribution in [0.2, 0.25) is 5.02 Å². The molecule has 0 aliphatic carbocycles. The van der Waals surface area contributed by atoms with E-state index in [0.717, 1.165) is 5.56 Å². The summed E-state index contributed by atoms with van der Waals surface area (Å²) >= 11 is 6.55. The van der Waals surface area contributed by atoms with Gasteiger partial charge >= 0.3 is 23.9 Å². The van der Waals surface area contributed by atoms with E-state index in [-0.39, 0.29) is 6.61 Å². The van der Waals surface area contributed by atoms with Gasteiger partial charge in [0.05, 0.1) is 31.7 Å². The lowest BCUT2D eigenvalue weighted by Crippen LogP contribution is -2.48. The zero-order valence-corrected chi connectivity index (χ0v) is 23.0. The Bertz CT molecular complexity index is 1230. The summed E-state index contributed by atoms with van der Waals surface area (Å²) in [6.07, 6.45) is -2.91. The first-order valence-electron chi connectivity index (χ1n) is 12.9. The van der Waals surface area contributed by atoms with Crippen molar-refractivity contribution in [1.29, 1.82) is 0 Å². The average Bonchev–Trinajstić information content (AvgIpc) is 2.87. The standard InChI is InChI=1S/C29H33ClO10/c1-3-38-24-7-5-4-6-17(24)10-19-11-18(8-9-23(19)30)29-22(14-28(36)37)20(12-26(32)33)21(13-27(34)35)25(40-29)15-39-16(2)31/h4-9,11,20-22,25,29H,3,10,12-15H2,1-2H3,(H,32,33)(H,34,35)(H,36,37)/t20-,21+,22-,25-,29+/m0/s1. The van der Waals surface area contributed by atoms with Crippen molar-refractivity contribution < 1.29 is 48.7 Å². The normalized spacial score (nSPS) is 22.3. The highest BCUT2D eigenvalue weighted by Gasteiger charge is 2.48. The molecule has 1 fully saturated rings. The van der Waals surface area contributed by atoms with Crippen LogP contribution in [0.1, 0.15) is 55.9 Å². The highest BCUT2D eigenvalue weighted by molar-refractivity contribution is 6.31. The van der Waals surface area contributed by atoms with E-state index in [1.165, 1.54) is 6.92 Å². The van der Waals surface area contributed by atoms with Crippen LogP contribution in [0.4, 0.5) is 0 Å². The average molecular weight is 577 g/mol. The second-order valence-corrected chi connectivity index (χ2v) is 10.2. The maximum Gasteiger partial charge on any atom is 0.303 e. The van der Waals surface area contributed by atoms with Crippen molar-refractivity contribution in [2.45, 2.75) is 51.7 Å². The van der Waals surface area contributed by atoms with Gasteiger partial charge in [0.2, 0.25) is 0 Å². The molecule has 1 saturated heterocycles. The third-order valence-electron chi connectivity index (χ3n) is 7.02. The number of carboxylic acids is 3. The molecule has 0 saturated carbocycles. The van der Waals surface area contributed by atoms with E-state index >= 15 is 0 Å². The molecule has 0 amide bonds. The molecule has 0 aromatic heterocycles. The van der Waals surface area contributed by atoms with Gasteiger partial charge in [-0.15, -0.1) is 0 Å². The van der Waals surface area contributed by atoms with Crippen LogP contribution in [0, 0.1) is 17.8 Å². The van der Waals surface area contributed by atoms with Crippen LogP contribution < -0.4 is 4.74 Å². The van der Waals surface area contributed by atoms with Crippen molar-refractivity contribution in [1.82, 2.24) is 0 Å². The van der Waals surface area contributed by atoms with Gasteiger partial charge in [-0.05, 0) is 41.7 Å². The minimum atomic E-state index is -1.20. The molecule has 1 aliphatic rings. The Balaban J connectivity index is 2.08. The summed E-state index contributed by atoms with van der Waals surface area (Å²) < 4.78 is 17.2. The molecule has 40 heavy (non-hydrogen) atoms. The number of hydrogen-bond donors (Lipinski definition) is 3. The Kier molecular flexibility index (Phi) is 10.9. The van der Waals surface area contributed by atoms with E-state index in [1.807, 2.05) is 31.2 Å². The number of carbonyl (C=O) groups is 4. The Morgan fingerprint density at radius 3 is 2.12 bits per heavy atom. The zero-order valence-electron chi connectivity index (χ0n) is 22.2. The summed E-state index contributed by atoms with van der Waals surface area (Å²) in [6, 6.07) is 12.6. The smallest absolute Gasteiger partial charge is 0.303 e. The van der Waals surface area contributed by atoms with Crippen LogP contribution in [0.5, 0.6) is 5.75 Å². The van der Waals surface area contributed by atoms with Crippen molar-refractivity contribution in [2.24, 2.45) is 17.8 Å². The maximum atomic E-state index is 11.9. The number of para-hydroxylation sites is 1. The minimum Gasteiger partial charge on any atom is -0.494 e. The fraction of sp³-hybridized carbons (Fsp3) is 0.448. The van der Waals surface area contributed by atoms with Gasteiger partial charge in [0.25, 0.3) is 0 Å². The first-order chi connectivity index (χ1) is 19.0. The molecule has 0 spiro atoms. The number of esters is 1. The molecule has 3 rings (SSSR count). The zero-order chi connectivity index (χ0) is 29.4. The summed E-state index contributed by atoms with van der Waals surface area (Å²) in [5.41, 5.74) is 2.15. The first-order valence-corrected chi connectivity index (χ1v) is 13.3. The van der Waals surface area contributed by atoms with Gasteiger partial charge in [-0.1, -0.05) is 41.9 Å². The largest absolute Gasteiger partial charge is 0.494 e. The lowest BCUT2D eigenvalue weighted by atomic mass is 9.68. The summed E-state index contributed by atoms with van der Waals surface area (Å²) in [5, 5.41) is 29.5. The molecule has 5 atom stereocenters. The number of ether oxygens (including phenoxy) is 3. The Labute approximate surface area is 236 Å². The molecular weight excluding hydrogens is 544 g/mol. The van der Waals surface area contributed by atoms with Crippen LogP contribution in [0.15, 0.2) is 42.5 Å². The van der Waals surface area contributed by atoms with E-state index in [9.17, 15) is 34.5 Å². The fourth-order valence-corrected chi connectivity index (χ4v) is 5.59. The van der Waals surface area contributed by atoms with Crippen LogP contribution in [-0.2, 0) is 35.1 Å².